The van der Waals surface area contributed by atoms with Crippen molar-refractivity contribution in [3.63, 3.8) is 0 Å². The average Bonchev–Trinajstić information content (AvgIpc) is 2.73. The predicted molar refractivity (Wildman–Crippen MR) is 67.6 cm³/mol. The van der Waals surface area contributed by atoms with E-state index < -0.39 is 12.2 Å². The second kappa shape index (κ2) is 6.77. The number of aromatic nitrogens is 2. The molecular weight excluding hydrogens is 216 g/mol. The lowest BCUT2D eigenvalue weighted by Gasteiger charge is -2.24. The van der Waals surface area contributed by atoms with Gasteiger partial charge in [0.15, 0.2) is 0 Å². The third kappa shape index (κ3) is 4.13. The summed E-state index contributed by atoms with van der Waals surface area (Å²) in [7, 11) is 1.87. The van der Waals surface area contributed by atoms with Crippen molar-refractivity contribution in [2.24, 2.45) is 13.0 Å². The minimum Gasteiger partial charge on any atom is -0.390 e. The van der Waals surface area contributed by atoms with Crippen LogP contribution in [-0.4, -0.2) is 32.2 Å². The van der Waals surface area contributed by atoms with Crippen molar-refractivity contribution in [3.8, 4) is 0 Å². The van der Waals surface area contributed by atoms with Crippen molar-refractivity contribution in [1.82, 2.24) is 9.78 Å². The molecule has 1 rings (SSSR count). The van der Waals surface area contributed by atoms with Crippen LogP contribution in [0.15, 0.2) is 12.4 Å². The minimum atomic E-state index is -0.639. The zero-order valence-electron chi connectivity index (χ0n) is 11.0. The van der Waals surface area contributed by atoms with Crippen molar-refractivity contribution < 1.29 is 10.2 Å². The topological polar surface area (TPSA) is 58.3 Å². The van der Waals surface area contributed by atoms with E-state index in [-0.39, 0.29) is 5.92 Å². The molecule has 2 atom stereocenters. The van der Waals surface area contributed by atoms with Gasteiger partial charge in [-0.15, -0.1) is 0 Å². The third-order valence-electron chi connectivity index (χ3n) is 3.41. The molecule has 98 valence electrons. The van der Waals surface area contributed by atoms with Crippen LogP contribution in [0.4, 0.5) is 0 Å². The van der Waals surface area contributed by atoms with Gasteiger partial charge in [-0.1, -0.05) is 26.7 Å². The van der Waals surface area contributed by atoms with Crippen LogP contribution in [0.1, 0.15) is 38.7 Å². The maximum atomic E-state index is 9.99. The van der Waals surface area contributed by atoms with Crippen molar-refractivity contribution in [1.29, 1.82) is 0 Å². The standard InChI is InChI=1S/C13H24N2O2/c1-4-11(5-2)13(17)12(16)7-6-10-8-14-15(3)9-10/h8-9,11-13,16-17H,4-7H2,1-3H3. The Labute approximate surface area is 103 Å². The molecular formula is C13H24N2O2. The molecule has 0 saturated carbocycles. The summed E-state index contributed by atoms with van der Waals surface area (Å²) in [6, 6.07) is 0. The lowest BCUT2D eigenvalue weighted by Crippen LogP contribution is -2.33. The Hall–Kier alpha value is -0.870. The molecule has 0 saturated heterocycles. The molecule has 4 nitrogen and oxygen atoms in total. The molecule has 0 spiro atoms. The SMILES string of the molecule is CCC(CC)C(O)C(O)CCc1cnn(C)c1. The first-order chi connectivity index (χ1) is 8.08. The van der Waals surface area contributed by atoms with E-state index in [9.17, 15) is 10.2 Å². The second-order valence-electron chi connectivity index (χ2n) is 4.70. The monoisotopic (exact) mass is 240 g/mol. The largest absolute Gasteiger partial charge is 0.390 e. The summed E-state index contributed by atoms with van der Waals surface area (Å²) in [5.41, 5.74) is 1.10. The molecule has 17 heavy (non-hydrogen) atoms. The highest BCUT2D eigenvalue weighted by Gasteiger charge is 2.23. The number of aliphatic hydroxyl groups is 2. The van der Waals surface area contributed by atoms with Crippen LogP contribution in [0.2, 0.25) is 0 Å². The zero-order chi connectivity index (χ0) is 12.8. The molecule has 0 fully saturated rings. The summed E-state index contributed by atoms with van der Waals surface area (Å²) in [5.74, 6) is 0.193. The molecule has 0 aliphatic rings. The summed E-state index contributed by atoms with van der Waals surface area (Å²) in [5, 5.41) is 24.0. The second-order valence-corrected chi connectivity index (χ2v) is 4.70. The fraction of sp³-hybridized carbons (Fsp3) is 0.769. The lowest BCUT2D eigenvalue weighted by molar-refractivity contribution is -0.0229. The van der Waals surface area contributed by atoms with Gasteiger partial charge in [-0.25, -0.2) is 0 Å². The van der Waals surface area contributed by atoms with Gasteiger partial charge in [-0.2, -0.15) is 5.10 Å². The normalized spacial score (nSPS) is 15.2. The highest BCUT2D eigenvalue weighted by atomic mass is 16.3. The molecule has 2 unspecified atom stereocenters. The maximum absolute atomic E-state index is 9.99. The summed E-state index contributed by atoms with van der Waals surface area (Å²) in [4.78, 5) is 0. The average molecular weight is 240 g/mol. The highest BCUT2D eigenvalue weighted by molar-refractivity contribution is 5.03. The first-order valence-electron chi connectivity index (χ1n) is 6.42. The van der Waals surface area contributed by atoms with Crippen LogP contribution in [0.5, 0.6) is 0 Å². The van der Waals surface area contributed by atoms with Crippen molar-refractivity contribution >= 4 is 0 Å². The molecule has 0 radical (unpaired) electrons. The molecule has 0 amide bonds. The number of hydrogen-bond donors (Lipinski definition) is 2. The maximum Gasteiger partial charge on any atom is 0.0827 e. The van der Waals surface area contributed by atoms with Crippen molar-refractivity contribution in [2.45, 2.75) is 51.7 Å². The smallest absolute Gasteiger partial charge is 0.0827 e. The Balaban J connectivity index is 2.40. The van der Waals surface area contributed by atoms with E-state index in [4.69, 9.17) is 0 Å². The lowest BCUT2D eigenvalue weighted by atomic mass is 9.90. The number of nitrogens with zero attached hydrogens (tertiary/aromatic N) is 2. The highest BCUT2D eigenvalue weighted by Crippen LogP contribution is 2.18. The number of aryl methyl sites for hydroxylation is 2. The van der Waals surface area contributed by atoms with Crippen LogP contribution >= 0.6 is 0 Å². The molecule has 0 aromatic carbocycles. The summed E-state index contributed by atoms with van der Waals surface area (Å²) in [6.07, 6.45) is 5.65. The van der Waals surface area contributed by atoms with Gasteiger partial charge in [-0.05, 0) is 24.3 Å². The molecule has 1 aromatic heterocycles. The van der Waals surface area contributed by atoms with Crippen LogP contribution in [-0.2, 0) is 13.5 Å². The molecule has 2 N–H and O–H groups in total. The van der Waals surface area contributed by atoms with E-state index in [0.717, 1.165) is 24.8 Å². The zero-order valence-corrected chi connectivity index (χ0v) is 11.0. The molecule has 4 heteroatoms. The van der Waals surface area contributed by atoms with Crippen molar-refractivity contribution in [2.75, 3.05) is 0 Å². The Bertz CT molecular complexity index is 321. The van der Waals surface area contributed by atoms with Gasteiger partial charge in [-0.3, -0.25) is 4.68 Å². The van der Waals surface area contributed by atoms with E-state index in [1.165, 1.54) is 0 Å². The first kappa shape index (κ1) is 14.2. The summed E-state index contributed by atoms with van der Waals surface area (Å²) < 4.78 is 1.75. The Morgan fingerprint density at radius 2 is 1.94 bits per heavy atom. The fourth-order valence-corrected chi connectivity index (χ4v) is 2.17. The van der Waals surface area contributed by atoms with Gasteiger partial charge in [0.05, 0.1) is 18.4 Å². The molecule has 1 aromatic rings. The molecule has 1 heterocycles. The van der Waals surface area contributed by atoms with Crippen molar-refractivity contribution in [3.05, 3.63) is 18.0 Å². The van der Waals surface area contributed by atoms with Gasteiger partial charge >= 0.3 is 0 Å². The van der Waals surface area contributed by atoms with Gasteiger partial charge in [0.1, 0.15) is 0 Å². The van der Waals surface area contributed by atoms with E-state index in [2.05, 4.69) is 5.10 Å². The Kier molecular flexibility index (Phi) is 5.65. The summed E-state index contributed by atoms with van der Waals surface area (Å²) in [6.45, 7) is 4.09. The van der Waals surface area contributed by atoms with E-state index in [1.807, 2.05) is 27.1 Å². The minimum absolute atomic E-state index is 0.193. The quantitative estimate of drug-likeness (QED) is 0.759. The first-order valence-corrected chi connectivity index (χ1v) is 6.42. The molecule has 0 bridgehead atoms. The third-order valence-corrected chi connectivity index (χ3v) is 3.41. The number of rotatable bonds is 7. The number of aliphatic hydroxyl groups excluding tert-OH is 2. The van der Waals surface area contributed by atoms with Crippen LogP contribution in [0.25, 0.3) is 0 Å². The van der Waals surface area contributed by atoms with Gasteiger partial charge in [0, 0.05) is 13.2 Å². The molecule has 0 aliphatic heterocycles. The van der Waals surface area contributed by atoms with E-state index in [1.54, 1.807) is 10.9 Å². The van der Waals surface area contributed by atoms with Crippen LogP contribution < -0.4 is 0 Å². The molecule has 0 aliphatic carbocycles. The van der Waals surface area contributed by atoms with Crippen LogP contribution in [0, 0.1) is 5.92 Å². The van der Waals surface area contributed by atoms with Gasteiger partial charge < -0.3 is 10.2 Å². The van der Waals surface area contributed by atoms with E-state index >= 15 is 0 Å². The predicted octanol–water partition coefficient (Wildman–Crippen LogP) is 1.51. The Morgan fingerprint density at radius 1 is 1.29 bits per heavy atom. The Morgan fingerprint density at radius 3 is 2.41 bits per heavy atom. The van der Waals surface area contributed by atoms with Crippen LogP contribution in [0.3, 0.4) is 0 Å². The number of hydrogen-bond acceptors (Lipinski definition) is 3. The fourth-order valence-electron chi connectivity index (χ4n) is 2.17. The summed E-state index contributed by atoms with van der Waals surface area (Å²) >= 11 is 0. The van der Waals surface area contributed by atoms with Gasteiger partial charge in [0.25, 0.3) is 0 Å². The van der Waals surface area contributed by atoms with E-state index in [0.29, 0.717) is 6.42 Å². The van der Waals surface area contributed by atoms with Gasteiger partial charge in [0.2, 0.25) is 0 Å².